The van der Waals surface area contributed by atoms with Crippen LogP contribution in [0.2, 0.25) is 0 Å². The highest BCUT2D eigenvalue weighted by atomic mass is 32.2. The van der Waals surface area contributed by atoms with Gasteiger partial charge < -0.3 is 19.4 Å². The molecule has 10 heteroatoms. The summed E-state index contributed by atoms with van der Waals surface area (Å²) in [7, 11) is -3.41. The van der Waals surface area contributed by atoms with E-state index >= 15 is 0 Å². The molecule has 0 fully saturated rings. The molecule has 9 nitrogen and oxygen atoms in total. The van der Waals surface area contributed by atoms with Crippen molar-refractivity contribution in [2.75, 3.05) is 23.9 Å². The topological polar surface area (TPSA) is 123 Å². The minimum Gasteiger partial charge on any atom is -0.462 e. The van der Waals surface area contributed by atoms with Crippen molar-refractivity contribution in [1.29, 1.82) is 0 Å². The summed E-state index contributed by atoms with van der Waals surface area (Å²) in [5.74, 6) is -2.20. The number of para-hydroxylation sites is 1. The molecule has 1 aliphatic rings. The van der Waals surface area contributed by atoms with E-state index < -0.39 is 40.3 Å². The Morgan fingerprint density at radius 3 is 2.38 bits per heavy atom. The maximum Gasteiger partial charge on any atom is 0.355 e. The number of aryl methyl sites for hydroxylation is 1. The standard InChI is InChI=1S/C22H24N2O7S/c1-4-30-21(26)19-14(2)20(23-15(19)3)22(27)31-12-18(25)24(16-8-6-5-7-9-16)17-10-11-32(28,29)13-17/h5-11,17,23H,4,12-13H2,1-3H3/t17-/m1/s1. The number of H-pyrrole nitrogens is 1. The third kappa shape index (κ3) is 4.91. The molecular weight excluding hydrogens is 436 g/mol. The third-order valence-electron chi connectivity index (χ3n) is 4.99. The number of nitrogens with zero attached hydrogens (tertiary/aromatic N) is 1. The lowest BCUT2D eigenvalue weighted by Crippen LogP contribution is -2.43. The highest BCUT2D eigenvalue weighted by Crippen LogP contribution is 2.23. The van der Waals surface area contributed by atoms with Crippen LogP contribution in [0.25, 0.3) is 0 Å². The molecule has 0 unspecified atom stereocenters. The zero-order chi connectivity index (χ0) is 23.5. The van der Waals surface area contributed by atoms with E-state index in [1.807, 2.05) is 0 Å². The zero-order valence-electron chi connectivity index (χ0n) is 18.0. The summed E-state index contributed by atoms with van der Waals surface area (Å²) in [5.41, 5.74) is 1.59. The largest absolute Gasteiger partial charge is 0.462 e. The van der Waals surface area contributed by atoms with E-state index in [-0.39, 0.29) is 23.6 Å². The number of anilines is 1. The fourth-order valence-electron chi connectivity index (χ4n) is 3.56. The summed E-state index contributed by atoms with van der Waals surface area (Å²) >= 11 is 0. The van der Waals surface area contributed by atoms with Crippen LogP contribution >= 0.6 is 0 Å². The van der Waals surface area contributed by atoms with Gasteiger partial charge in [-0.2, -0.15) is 0 Å². The van der Waals surface area contributed by atoms with Crippen molar-refractivity contribution in [2.24, 2.45) is 0 Å². The second kappa shape index (κ2) is 9.39. The van der Waals surface area contributed by atoms with Crippen LogP contribution in [-0.2, 0) is 24.1 Å². The van der Waals surface area contributed by atoms with Gasteiger partial charge in [-0.25, -0.2) is 18.0 Å². The van der Waals surface area contributed by atoms with Gasteiger partial charge in [0.1, 0.15) is 5.69 Å². The molecule has 0 saturated heterocycles. The smallest absolute Gasteiger partial charge is 0.355 e. The molecule has 0 saturated carbocycles. The molecule has 1 aliphatic heterocycles. The number of rotatable bonds is 7. The maximum absolute atomic E-state index is 13.0. The quantitative estimate of drug-likeness (QED) is 0.629. The van der Waals surface area contributed by atoms with Crippen LogP contribution in [0.5, 0.6) is 0 Å². The lowest BCUT2D eigenvalue weighted by molar-refractivity contribution is -0.121. The summed E-state index contributed by atoms with van der Waals surface area (Å²) in [6, 6.07) is 7.84. The molecule has 0 radical (unpaired) electrons. The molecule has 1 aromatic carbocycles. The van der Waals surface area contributed by atoms with E-state index in [0.717, 1.165) is 5.41 Å². The van der Waals surface area contributed by atoms with Gasteiger partial charge in [0.25, 0.3) is 5.91 Å². The Morgan fingerprint density at radius 1 is 1.09 bits per heavy atom. The predicted octanol–water partition coefficient (Wildman–Crippen LogP) is 2.31. The van der Waals surface area contributed by atoms with Crippen LogP contribution in [0.4, 0.5) is 5.69 Å². The number of nitrogens with one attached hydrogen (secondary N) is 1. The number of carbonyl (C=O) groups excluding carboxylic acids is 3. The summed E-state index contributed by atoms with van der Waals surface area (Å²) in [6.07, 6.45) is 1.44. The van der Waals surface area contributed by atoms with Gasteiger partial charge in [-0.3, -0.25) is 4.79 Å². The number of amides is 1. The van der Waals surface area contributed by atoms with Crippen molar-refractivity contribution in [3.8, 4) is 0 Å². The summed E-state index contributed by atoms with van der Waals surface area (Å²) in [4.78, 5) is 41.8. The monoisotopic (exact) mass is 460 g/mol. The zero-order valence-corrected chi connectivity index (χ0v) is 18.8. The number of aromatic amines is 1. The van der Waals surface area contributed by atoms with E-state index in [1.165, 1.54) is 11.0 Å². The second-order valence-electron chi connectivity index (χ2n) is 7.25. The van der Waals surface area contributed by atoms with Crippen molar-refractivity contribution >= 4 is 33.4 Å². The number of aromatic nitrogens is 1. The molecule has 0 aliphatic carbocycles. The Bertz CT molecular complexity index is 1170. The molecule has 2 heterocycles. The van der Waals surface area contributed by atoms with Crippen molar-refractivity contribution in [3.05, 3.63) is 64.3 Å². The van der Waals surface area contributed by atoms with Crippen molar-refractivity contribution in [2.45, 2.75) is 26.8 Å². The van der Waals surface area contributed by atoms with Crippen molar-refractivity contribution < 1.29 is 32.3 Å². The van der Waals surface area contributed by atoms with Crippen LogP contribution in [0.1, 0.15) is 39.0 Å². The SMILES string of the molecule is CCOC(=O)c1c(C)[nH]c(C(=O)OCC(=O)N(c2ccccc2)[C@@H]2C=CS(=O)(=O)C2)c1C. The lowest BCUT2D eigenvalue weighted by atomic mass is 10.1. The number of hydrogen-bond donors (Lipinski definition) is 1. The van der Waals surface area contributed by atoms with Gasteiger partial charge in [0.15, 0.2) is 16.4 Å². The van der Waals surface area contributed by atoms with Crippen molar-refractivity contribution in [3.63, 3.8) is 0 Å². The number of ether oxygens (including phenoxy) is 2. The average molecular weight is 461 g/mol. The van der Waals surface area contributed by atoms with Crippen LogP contribution < -0.4 is 4.90 Å². The average Bonchev–Trinajstić information content (AvgIpc) is 3.25. The van der Waals surface area contributed by atoms with E-state index in [2.05, 4.69) is 4.98 Å². The van der Waals surface area contributed by atoms with Crippen LogP contribution in [0, 0.1) is 13.8 Å². The van der Waals surface area contributed by atoms with Crippen molar-refractivity contribution in [1.82, 2.24) is 4.98 Å². The number of esters is 2. The first kappa shape index (κ1) is 23.3. The lowest BCUT2D eigenvalue weighted by Gasteiger charge is -2.27. The van der Waals surface area contributed by atoms with Crippen LogP contribution in [0.3, 0.4) is 0 Å². The molecule has 2 aromatic rings. The first-order chi connectivity index (χ1) is 15.1. The molecule has 1 aromatic heterocycles. The van der Waals surface area contributed by atoms with E-state index in [1.54, 1.807) is 51.1 Å². The van der Waals surface area contributed by atoms with Gasteiger partial charge in [-0.05, 0) is 44.5 Å². The minimum atomic E-state index is -3.41. The number of carbonyl (C=O) groups is 3. The molecule has 1 N–H and O–H groups in total. The summed E-state index contributed by atoms with van der Waals surface area (Å²) in [5, 5.41) is 1.08. The Balaban J connectivity index is 1.77. The van der Waals surface area contributed by atoms with Gasteiger partial charge in [-0.1, -0.05) is 18.2 Å². The Hall–Kier alpha value is -3.40. The molecule has 170 valence electrons. The highest BCUT2D eigenvalue weighted by Gasteiger charge is 2.32. The number of sulfone groups is 1. The minimum absolute atomic E-state index is 0.0490. The second-order valence-corrected chi connectivity index (χ2v) is 9.18. The Morgan fingerprint density at radius 2 is 1.78 bits per heavy atom. The van der Waals surface area contributed by atoms with Crippen LogP contribution in [-0.4, -0.2) is 56.3 Å². The first-order valence-corrected chi connectivity index (χ1v) is 11.7. The van der Waals surface area contributed by atoms with Gasteiger partial charge in [0.2, 0.25) is 0 Å². The molecular formula is C22H24N2O7S. The normalized spacial score (nSPS) is 16.5. The molecule has 1 atom stereocenters. The van der Waals surface area contributed by atoms with Gasteiger partial charge in [-0.15, -0.1) is 0 Å². The van der Waals surface area contributed by atoms with Crippen LogP contribution in [0.15, 0.2) is 41.8 Å². The molecule has 0 bridgehead atoms. The predicted molar refractivity (Wildman–Crippen MR) is 117 cm³/mol. The third-order valence-corrected chi connectivity index (χ3v) is 6.37. The summed E-state index contributed by atoms with van der Waals surface area (Å²) < 4.78 is 34.0. The molecule has 3 rings (SSSR count). The molecule has 32 heavy (non-hydrogen) atoms. The van der Waals surface area contributed by atoms with E-state index in [9.17, 15) is 22.8 Å². The molecule has 1 amide bonds. The first-order valence-electron chi connectivity index (χ1n) is 9.96. The fraction of sp³-hybridized carbons (Fsp3) is 0.318. The Kier molecular flexibility index (Phi) is 6.83. The van der Waals surface area contributed by atoms with E-state index in [4.69, 9.17) is 9.47 Å². The highest BCUT2D eigenvalue weighted by molar-refractivity contribution is 7.94. The number of benzene rings is 1. The van der Waals surface area contributed by atoms with Gasteiger partial charge in [0.05, 0.1) is 24.0 Å². The Labute approximate surface area is 185 Å². The number of hydrogen-bond acceptors (Lipinski definition) is 7. The summed E-state index contributed by atoms with van der Waals surface area (Å²) in [6.45, 7) is 4.48. The van der Waals surface area contributed by atoms with Gasteiger partial charge in [0, 0.05) is 16.8 Å². The van der Waals surface area contributed by atoms with Gasteiger partial charge >= 0.3 is 11.9 Å². The molecule has 0 spiro atoms. The van der Waals surface area contributed by atoms with E-state index in [0.29, 0.717) is 16.9 Å². The maximum atomic E-state index is 13.0. The fourth-order valence-corrected chi connectivity index (χ4v) is 4.83.